The zero-order valence-electron chi connectivity index (χ0n) is 12.4. The van der Waals surface area contributed by atoms with E-state index in [0.29, 0.717) is 13.0 Å². The highest BCUT2D eigenvalue weighted by Crippen LogP contribution is 2.16. The van der Waals surface area contributed by atoms with Gasteiger partial charge in [-0.2, -0.15) is 0 Å². The van der Waals surface area contributed by atoms with Crippen LogP contribution >= 0.6 is 0 Å². The highest BCUT2D eigenvalue weighted by atomic mass is 16.5. The van der Waals surface area contributed by atoms with Crippen LogP contribution in [-0.4, -0.2) is 16.6 Å². The highest BCUT2D eigenvalue weighted by Gasteiger charge is 2.27. The van der Waals surface area contributed by atoms with Crippen molar-refractivity contribution in [2.45, 2.75) is 65.5 Å². The number of hydrogen-bond acceptors (Lipinski definition) is 4. The molecule has 0 aliphatic carbocycles. The normalized spacial score (nSPS) is 14.2. The fourth-order valence-corrected chi connectivity index (χ4v) is 2.14. The predicted octanol–water partition coefficient (Wildman–Crippen LogP) is 1.93. The van der Waals surface area contributed by atoms with E-state index in [4.69, 9.17) is 10.3 Å². The number of aryl methyl sites for hydroxylation is 2. The van der Waals surface area contributed by atoms with Crippen LogP contribution in [0.3, 0.4) is 0 Å². The summed E-state index contributed by atoms with van der Waals surface area (Å²) in [5.41, 5.74) is 7.09. The Morgan fingerprint density at radius 2 is 2.05 bits per heavy atom. The lowest BCUT2D eigenvalue weighted by Gasteiger charge is -2.22. The van der Waals surface area contributed by atoms with E-state index in [1.54, 1.807) is 6.92 Å². The van der Waals surface area contributed by atoms with Crippen molar-refractivity contribution in [2.75, 3.05) is 0 Å². The van der Waals surface area contributed by atoms with Crippen molar-refractivity contribution >= 4 is 5.91 Å². The van der Waals surface area contributed by atoms with Crippen molar-refractivity contribution in [1.82, 2.24) is 10.5 Å². The van der Waals surface area contributed by atoms with Crippen molar-refractivity contribution in [3.63, 3.8) is 0 Å². The van der Waals surface area contributed by atoms with Crippen LogP contribution < -0.4 is 11.1 Å². The fraction of sp³-hybridized carbons (Fsp3) is 0.714. The summed E-state index contributed by atoms with van der Waals surface area (Å²) in [5, 5.41) is 6.92. The van der Waals surface area contributed by atoms with Crippen molar-refractivity contribution < 1.29 is 9.32 Å². The van der Waals surface area contributed by atoms with E-state index in [0.717, 1.165) is 36.3 Å². The number of aromatic nitrogens is 1. The van der Waals surface area contributed by atoms with Gasteiger partial charge in [-0.25, -0.2) is 0 Å². The lowest BCUT2D eigenvalue weighted by Crippen LogP contribution is -2.51. The number of rotatable bonds is 7. The molecule has 1 aromatic heterocycles. The van der Waals surface area contributed by atoms with Gasteiger partial charge < -0.3 is 15.6 Å². The Balaban J connectivity index is 2.71. The minimum absolute atomic E-state index is 0.125. The van der Waals surface area contributed by atoms with Gasteiger partial charge in [-0.15, -0.1) is 0 Å². The highest BCUT2D eigenvalue weighted by molar-refractivity contribution is 5.85. The summed E-state index contributed by atoms with van der Waals surface area (Å²) in [6.45, 7) is 8.25. The van der Waals surface area contributed by atoms with E-state index in [-0.39, 0.29) is 5.91 Å². The third-order valence-corrected chi connectivity index (χ3v) is 3.32. The van der Waals surface area contributed by atoms with Gasteiger partial charge in [0.05, 0.1) is 11.2 Å². The third kappa shape index (κ3) is 3.80. The van der Waals surface area contributed by atoms with Gasteiger partial charge in [0.25, 0.3) is 0 Å². The summed E-state index contributed by atoms with van der Waals surface area (Å²) >= 11 is 0. The molecule has 0 radical (unpaired) electrons. The number of amides is 1. The molecule has 0 aliphatic heterocycles. The molecule has 1 amide bonds. The Hall–Kier alpha value is -1.36. The molecule has 0 saturated carbocycles. The number of hydrogen-bond donors (Lipinski definition) is 2. The fourth-order valence-electron chi connectivity index (χ4n) is 2.14. The first-order valence-corrected chi connectivity index (χ1v) is 6.99. The Bertz CT molecular complexity index is 403. The molecule has 1 rings (SSSR count). The van der Waals surface area contributed by atoms with Crippen molar-refractivity contribution in [2.24, 2.45) is 5.73 Å². The summed E-state index contributed by atoms with van der Waals surface area (Å²) in [6, 6.07) is 0. The van der Waals surface area contributed by atoms with Crippen LogP contribution in [0.2, 0.25) is 0 Å². The molecule has 5 heteroatoms. The maximum atomic E-state index is 12.1. The van der Waals surface area contributed by atoms with E-state index in [1.165, 1.54) is 0 Å². The van der Waals surface area contributed by atoms with Gasteiger partial charge in [0, 0.05) is 18.5 Å². The van der Waals surface area contributed by atoms with Gasteiger partial charge in [0.1, 0.15) is 5.76 Å². The molecule has 0 spiro atoms. The SMILES string of the molecule is CCCC(C)(N)C(=O)NCc1c(CC)noc1CC. The Kier molecular flexibility index (Phi) is 5.54. The average Bonchev–Trinajstić information content (AvgIpc) is 2.77. The maximum absolute atomic E-state index is 12.1. The molecule has 5 nitrogen and oxygen atoms in total. The number of nitrogens with two attached hydrogens (primary N) is 1. The molecule has 0 saturated heterocycles. The average molecular weight is 267 g/mol. The summed E-state index contributed by atoms with van der Waals surface area (Å²) < 4.78 is 5.27. The number of carbonyl (C=O) groups excluding carboxylic acids is 1. The molecule has 1 aromatic rings. The van der Waals surface area contributed by atoms with Gasteiger partial charge in [0.2, 0.25) is 5.91 Å². The second-order valence-electron chi connectivity index (χ2n) is 5.09. The predicted molar refractivity (Wildman–Crippen MR) is 74.6 cm³/mol. The summed E-state index contributed by atoms with van der Waals surface area (Å²) in [4.78, 5) is 12.1. The third-order valence-electron chi connectivity index (χ3n) is 3.32. The molecule has 0 fully saturated rings. The number of nitrogens with one attached hydrogen (secondary N) is 1. The smallest absolute Gasteiger partial charge is 0.240 e. The van der Waals surface area contributed by atoms with Crippen LogP contribution in [0.15, 0.2) is 4.52 Å². The Labute approximate surface area is 114 Å². The lowest BCUT2D eigenvalue weighted by atomic mass is 9.96. The van der Waals surface area contributed by atoms with E-state index in [9.17, 15) is 4.79 Å². The molecule has 108 valence electrons. The molecule has 3 N–H and O–H groups in total. The summed E-state index contributed by atoms with van der Waals surface area (Å²) in [6.07, 6.45) is 3.12. The largest absolute Gasteiger partial charge is 0.361 e. The second-order valence-corrected chi connectivity index (χ2v) is 5.09. The molecule has 1 atom stereocenters. The van der Waals surface area contributed by atoms with Crippen molar-refractivity contribution in [1.29, 1.82) is 0 Å². The monoisotopic (exact) mass is 267 g/mol. The molecular weight excluding hydrogens is 242 g/mol. The van der Waals surface area contributed by atoms with Crippen molar-refractivity contribution in [3.05, 3.63) is 17.0 Å². The van der Waals surface area contributed by atoms with Crippen LogP contribution in [0.4, 0.5) is 0 Å². The topological polar surface area (TPSA) is 81.2 Å². The van der Waals surface area contributed by atoms with E-state index >= 15 is 0 Å². The molecule has 1 heterocycles. The van der Waals surface area contributed by atoms with Crippen LogP contribution in [0, 0.1) is 0 Å². The first kappa shape index (κ1) is 15.7. The molecule has 1 unspecified atom stereocenters. The van der Waals surface area contributed by atoms with E-state index in [1.807, 2.05) is 20.8 Å². The number of carbonyl (C=O) groups is 1. The summed E-state index contributed by atoms with van der Waals surface area (Å²) in [7, 11) is 0. The Morgan fingerprint density at radius 3 is 2.58 bits per heavy atom. The van der Waals surface area contributed by atoms with Crippen LogP contribution in [0.1, 0.15) is 57.6 Å². The zero-order chi connectivity index (χ0) is 14.5. The minimum Gasteiger partial charge on any atom is -0.361 e. The second kappa shape index (κ2) is 6.70. The van der Waals surface area contributed by atoms with Gasteiger partial charge in [-0.05, 0) is 19.8 Å². The van der Waals surface area contributed by atoms with Gasteiger partial charge in [-0.1, -0.05) is 32.3 Å². The first-order chi connectivity index (χ1) is 8.96. The van der Waals surface area contributed by atoms with Gasteiger partial charge in [0.15, 0.2) is 0 Å². The molecular formula is C14H25N3O2. The van der Waals surface area contributed by atoms with E-state index < -0.39 is 5.54 Å². The Morgan fingerprint density at radius 1 is 1.37 bits per heavy atom. The molecule has 19 heavy (non-hydrogen) atoms. The first-order valence-electron chi connectivity index (χ1n) is 6.99. The molecule has 0 aliphatic rings. The zero-order valence-corrected chi connectivity index (χ0v) is 12.4. The van der Waals surface area contributed by atoms with Gasteiger partial charge in [-0.3, -0.25) is 4.79 Å². The standard InChI is InChI=1S/C14H25N3O2/c1-5-8-14(4,15)13(18)16-9-10-11(6-2)17-19-12(10)7-3/h5-9,15H2,1-4H3,(H,16,18). The molecule has 0 aromatic carbocycles. The van der Waals surface area contributed by atoms with E-state index in [2.05, 4.69) is 10.5 Å². The van der Waals surface area contributed by atoms with Crippen LogP contribution in [0.5, 0.6) is 0 Å². The quantitative estimate of drug-likeness (QED) is 0.791. The van der Waals surface area contributed by atoms with Gasteiger partial charge >= 0.3 is 0 Å². The lowest BCUT2D eigenvalue weighted by molar-refractivity contribution is -0.126. The van der Waals surface area contributed by atoms with Crippen molar-refractivity contribution in [3.8, 4) is 0 Å². The summed E-state index contributed by atoms with van der Waals surface area (Å²) in [5.74, 6) is 0.714. The van der Waals surface area contributed by atoms with Crippen LogP contribution in [-0.2, 0) is 24.2 Å². The maximum Gasteiger partial charge on any atom is 0.240 e. The molecule has 0 bridgehead atoms. The number of nitrogens with zero attached hydrogens (tertiary/aromatic N) is 1. The minimum atomic E-state index is -0.815. The van der Waals surface area contributed by atoms with Crippen LogP contribution in [0.25, 0.3) is 0 Å².